The Hall–Kier alpha value is -0.120. The molecule has 0 amide bonds. The summed E-state index contributed by atoms with van der Waals surface area (Å²) in [5, 5.41) is 3.56. The topological polar surface area (TPSA) is 24.5 Å². The van der Waals surface area contributed by atoms with Gasteiger partial charge in [0.2, 0.25) is 0 Å². The molecule has 0 aromatic carbocycles. The minimum Gasteiger partial charge on any atom is -0.381 e. The normalized spacial score (nSPS) is 28.8. The lowest BCUT2D eigenvalue weighted by atomic mass is 9.81. The Balaban J connectivity index is 1.93. The van der Waals surface area contributed by atoms with E-state index >= 15 is 0 Å². The second kappa shape index (κ2) is 6.88. The molecule has 2 fully saturated rings. The molecule has 1 saturated heterocycles. The van der Waals surface area contributed by atoms with Gasteiger partial charge in [0.1, 0.15) is 0 Å². The lowest BCUT2D eigenvalue weighted by Gasteiger charge is -2.41. The third kappa shape index (κ3) is 3.94. The summed E-state index contributed by atoms with van der Waals surface area (Å²) in [5.74, 6) is 0. The molecule has 3 nitrogen and oxygen atoms in total. The van der Waals surface area contributed by atoms with Crippen molar-refractivity contribution < 1.29 is 4.74 Å². The van der Waals surface area contributed by atoms with Gasteiger partial charge in [-0.1, -0.05) is 13.8 Å². The predicted molar refractivity (Wildman–Crippen MR) is 75.9 cm³/mol. The summed E-state index contributed by atoms with van der Waals surface area (Å²) in [6.45, 7) is 11.1. The monoisotopic (exact) mass is 254 g/mol. The average molecular weight is 254 g/mol. The van der Waals surface area contributed by atoms with E-state index in [1.807, 2.05) is 0 Å². The minimum atomic E-state index is 0.367. The molecule has 1 aliphatic carbocycles. The van der Waals surface area contributed by atoms with Crippen molar-refractivity contribution in [3.8, 4) is 0 Å². The second-order valence-electron chi connectivity index (χ2n) is 6.14. The molecule has 18 heavy (non-hydrogen) atoms. The maximum Gasteiger partial charge on any atom is 0.0546 e. The van der Waals surface area contributed by atoms with Crippen LogP contribution < -0.4 is 5.32 Å². The molecule has 1 saturated carbocycles. The van der Waals surface area contributed by atoms with Crippen LogP contribution in [0, 0.1) is 5.41 Å². The molecule has 1 unspecified atom stereocenters. The van der Waals surface area contributed by atoms with Gasteiger partial charge in [0.15, 0.2) is 0 Å². The third-order valence-electron chi connectivity index (χ3n) is 4.27. The van der Waals surface area contributed by atoms with Crippen LogP contribution in [0.2, 0.25) is 0 Å². The quantitative estimate of drug-likeness (QED) is 0.719. The fraction of sp³-hybridized carbons (Fsp3) is 1.00. The minimum absolute atomic E-state index is 0.367. The molecule has 0 aromatic heterocycles. The third-order valence-corrected chi connectivity index (χ3v) is 4.27. The van der Waals surface area contributed by atoms with Gasteiger partial charge in [-0.25, -0.2) is 0 Å². The van der Waals surface area contributed by atoms with Crippen molar-refractivity contribution in [3.05, 3.63) is 0 Å². The zero-order chi connectivity index (χ0) is 12.8. The Labute approximate surface area is 112 Å². The van der Waals surface area contributed by atoms with Crippen molar-refractivity contribution in [2.75, 3.05) is 39.4 Å². The van der Waals surface area contributed by atoms with Crippen molar-refractivity contribution in [1.29, 1.82) is 0 Å². The summed E-state index contributed by atoms with van der Waals surface area (Å²) in [4.78, 5) is 2.73. The molecule has 0 bridgehead atoms. The number of ether oxygens (including phenoxy) is 1. The Morgan fingerprint density at radius 2 is 2.17 bits per heavy atom. The number of rotatable bonds is 8. The summed E-state index contributed by atoms with van der Waals surface area (Å²) in [6, 6.07) is 0.880. The molecule has 1 atom stereocenters. The molecule has 0 spiro atoms. The molecule has 0 radical (unpaired) electrons. The van der Waals surface area contributed by atoms with Gasteiger partial charge in [0, 0.05) is 31.2 Å². The van der Waals surface area contributed by atoms with Crippen LogP contribution >= 0.6 is 0 Å². The van der Waals surface area contributed by atoms with Crippen molar-refractivity contribution >= 4 is 0 Å². The number of hydrogen-bond donors (Lipinski definition) is 1. The van der Waals surface area contributed by atoms with E-state index in [-0.39, 0.29) is 0 Å². The van der Waals surface area contributed by atoms with Crippen molar-refractivity contribution in [3.63, 3.8) is 0 Å². The molecule has 1 heterocycles. The first-order valence-corrected chi connectivity index (χ1v) is 7.82. The Bertz CT molecular complexity index is 235. The molecule has 106 valence electrons. The van der Waals surface area contributed by atoms with E-state index in [1.54, 1.807) is 0 Å². The van der Waals surface area contributed by atoms with Gasteiger partial charge in [0.25, 0.3) is 0 Å². The first-order chi connectivity index (χ1) is 8.79. The van der Waals surface area contributed by atoms with Crippen LogP contribution in [-0.2, 0) is 4.74 Å². The highest BCUT2D eigenvalue weighted by molar-refractivity contribution is 4.92. The zero-order valence-electron chi connectivity index (χ0n) is 12.2. The highest BCUT2D eigenvalue weighted by Crippen LogP contribution is 2.34. The highest BCUT2D eigenvalue weighted by atomic mass is 16.5. The van der Waals surface area contributed by atoms with Crippen LogP contribution in [0.25, 0.3) is 0 Å². The van der Waals surface area contributed by atoms with Gasteiger partial charge in [-0.2, -0.15) is 0 Å². The molecular formula is C15H30N2O. The van der Waals surface area contributed by atoms with E-state index in [0.29, 0.717) is 5.41 Å². The van der Waals surface area contributed by atoms with Crippen molar-refractivity contribution in [2.24, 2.45) is 5.41 Å². The molecule has 0 aromatic rings. The van der Waals surface area contributed by atoms with Crippen molar-refractivity contribution in [2.45, 2.75) is 52.0 Å². The Morgan fingerprint density at radius 3 is 2.72 bits per heavy atom. The number of nitrogens with one attached hydrogen (secondary N) is 1. The van der Waals surface area contributed by atoms with E-state index in [0.717, 1.165) is 32.3 Å². The van der Waals surface area contributed by atoms with Crippen LogP contribution in [0.1, 0.15) is 46.0 Å². The first kappa shape index (κ1) is 14.3. The molecule has 1 N–H and O–H groups in total. The smallest absolute Gasteiger partial charge is 0.0546 e. The summed E-state index contributed by atoms with van der Waals surface area (Å²) in [6.07, 6.45) is 6.66. The highest BCUT2D eigenvalue weighted by Gasteiger charge is 2.38. The van der Waals surface area contributed by atoms with Gasteiger partial charge in [-0.15, -0.1) is 0 Å². The summed E-state index contributed by atoms with van der Waals surface area (Å²) < 4.78 is 5.80. The zero-order valence-corrected chi connectivity index (χ0v) is 12.2. The van der Waals surface area contributed by atoms with Gasteiger partial charge in [-0.05, 0) is 45.2 Å². The van der Waals surface area contributed by atoms with E-state index in [4.69, 9.17) is 4.74 Å². The van der Waals surface area contributed by atoms with Crippen LogP contribution in [-0.4, -0.2) is 50.3 Å². The van der Waals surface area contributed by atoms with Crippen molar-refractivity contribution in [1.82, 2.24) is 10.2 Å². The maximum atomic E-state index is 5.80. The van der Waals surface area contributed by atoms with E-state index in [9.17, 15) is 0 Å². The summed E-state index contributed by atoms with van der Waals surface area (Å²) in [7, 11) is 0. The number of nitrogens with zero attached hydrogens (tertiary/aromatic N) is 1. The molecule has 2 rings (SSSR count). The first-order valence-electron chi connectivity index (χ1n) is 7.82. The number of hydrogen-bond acceptors (Lipinski definition) is 3. The van der Waals surface area contributed by atoms with Crippen LogP contribution in [0.5, 0.6) is 0 Å². The Kier molecular flexibility index (Phi) is 5.46. The molecule has 2 aliphatic rings. The summed E-state index contributed by atoms with van der Waals surface area (Å²) >= 11 is 0. The average Bonchev–Trinajstić information content (AvgIpc) is 3.22. The molecule has 3 heteroatoms. The van der Waals surface area contributed by atoms with Gasteiger partial charge < -0.3 is 10.1 Å². The molecule has 1 aliphatic heterocycles. The van der Waals surface area contributed by atoms with Crippen LogP contribution in [0.4, 0.5) is 0 Å². The van der Waals surface area contributed by atoms with Crippen LogP contribution in [0.15, 0.2) is 0 Å². The van der Waals surface area contributed by atoms with Gasteiger partial charge in [0.05, 0.1) is 6.61 Å². The fourth-order valence-corrected chi connectivity index (χ4v) is 3.17. The van der Waals surface area contributed by atoms with E-state index < -0.39 is 0 Å². The Morgan fingerprint density at radius 1 is 1.33 bits per heavy atom. The molecular weight excluding hydrogens is 224 g/mol. The second-order valence-corrected chi connectivity index (χ2v) is 6.14. The SMILES string of the molecule is CCCN(CC1(CNCC)CCCOC1)C1CC1. The lowest BCUT2D eigenvalue weighted by molar-refractivity contribution is -0.0273. The maximum absolute atomic E-state index is 5.80. The van der Waals surface area contributed by atoms with Gasteiger partial charge >= 0.3 is 0 Å². The fourth-order valence-electron chi connectivity index (χ4n) is 3.17. The largest absolute Gasteiger partial charge is 0.381 e. The standard InChI is InChI=1S/C15H30N2O/c1-3-9-17(14-6-7-14)12-15(11-16-4-2)8-5-10-18-13-15/h14,16H,3-13H2,1-2H3. The van der Waals surface area contributed by atoms with E-state index in [1.165, 1.54) is 45.2 Å². The lowest BCUT2D eigenvalue weighted by Crippen LogP contribution is -2.49. The predicted octanol–water partition coefficient (Wildman–Crippen LogP) is 2.27. The van der Waals surface area contributed by atoms with Gasteiger partial charge in [-0.3, -0.25) is 4.90 Å². The van der Waals surface area contributed by atoms with E-state index in [2.05, 4.69) is 24.1 Å². The van der Waals surface area contributed by atoms with Crippen LogP contribution in [0.3, 0.4) is 0 Å². The summed E-state index contributed by atoms with van der Waals surface area (Å²) in [5.41, 5.74) is 0.367.